The van der Waals surface area contributed by atoms with Crippen LogP contribution in [0.4, 0.5) is 0 Å². The number of fused-ring (bicyclic) bond motifs is 1. The highest BCUT2D eigenvalue weighted by molar-refractivity contribution is 5.85. The third-order valence-corrected chi connectivity index (χ3v) is 3.28. The van der Waals surface area contributed by atoms with Crippen LogP contribution < -0.4 is 11.5 Å². The molecule has 4 heteroatoms. The van der Waals surface area contributed by atoms with E-state index in [1.807, 2.05) is 0 Å². The Morgan fingerprint density at radius 2 is 1.92 bits per heavy atom. The molecule has 0 bridgehead atoms. The number of nitrogens with two attached hydrogens (primary N) is 2. The molecular weight excluding hydrogens is 176 g/mol. The fourth-order valence-electron chi connectivity index (χ4n) is 2.51. The summed E-state index contributed by atoms with van der Waals surface area (Å²) in [7, 11) is 0. The van der Waals surface area contributed by atoms with Crippen molar-refractivity contribution in [3.63, 3.8) is 0 Å². The average molecular weight is 191 g/mol. The fourth-order valence-corrected chi connectivity index (χ4v) is 2.51. The zero-order valence-corrected chi connectivity index (χ0v) is 7.72. The summed E-state index contributed by atoms with van der Waals surface area (Å²) in [6, 6.07) is 0.351. The lowest BCUT2D eigenvalue weighted by Gasteiger charge is -2.37. The predicted molar refractivity (Wildman–Crippen MR) is 48.7 cm³/mol. The smallest absolute Gasteiger partial charge is 0.220 e. The van der Waals surface area contributed by atoms with Gasteiger partial charge in [0, 0.05) is 12.0 Å². The Bertz CT molecular complexity index is 197. The highest BCUT2D eigenvalue weighted by atomic mass is 35.5. The summed E-state index contributed by atoms with van der Waals surface area (Å²) in [5, 5.41) is 0. The Morgan fingerprint density at radius 1 is 1.25 bits per heavy atom. The van der Waals surface area contributed by atoms with Gasteiger partial charge in [-0.1, -0.05) is 0 Å². The normalized spacial score (nSPS) is 44.1. The minimum Gasteiger partial charge on any atom is -0.369 e. The van der Waals surface area contributed by atoms with Gasteiger partial charge in [0.05, 0.1) is 0 Å². The molecule has 2 aliphatic rings. The van der Waals surface area contributed by atoms with Crippen molar-refractivity contribution < 1.29 is 4.79 Å². The first-order valence-corrected chi connectivity index (χ1v) is 4.23. The molecule has 4 atom stereocenters. The highest BCUT2D eigenvalue weighted by Gasteiger charge is 2.47. The van der Waals surface area contributed by atoms with Crippen LogP contribution in [-0.2, 0) is 4.79 Å². The molecule has 2 rings (SSSR count). The molecule has 0 radical (unpaired) electrons. The van der Waals surface area contributed by atoms with Gasteiger partial charge >= 0.3 is 0 Å². The summed E-state index contributed by atoms with van der Waals surface area (Å²) >= 11 is 0. The first-order valence-electron chi connectivity index (χ1n) is 4.23. The van der Waals surface area contributed by atoms with Gasteiger partial charge in [0.1, 0.15) is 0 Å². The highest BCUT2D eigenvalue weighted by Crippen LogP contribution is 2.48. The molecule has 2 saturated carbocycles. The van der Waals surface area contributed by atoms with Crippen LogP contribution in [0.1, 0.15) is 19.3 Å². The molecule has 0 saturated heterocycles. The summed E-state index contributed by atoms with van der Waals surface area (Å²) in [6.45, 7) is 0. The van der Waals surface area contributed by atoms with Crippen molar-refractivity contribution in [3.8, 4) is 0 Å². The van der Waals surface area contributed by atoms with Crippen LogP contribution in [0.25, 0.3) is 0 Å². The average Bonchev–Trinajstić information content (AvgIpc) is 2.26. The van der Waals surface area contributed by atoms with Gasteiger partial charge in [-0.2, -0.15) is 0 Å². The van der Waals surface area contributed by atoms with Crippen molar-refractivity contribution in [2.75, 3.05) is 0 Å². The van der Waals surface area contributed by atoms with Crippen molar-refractivity contribution in [1.29, 1.82) is 0 Å². The van der Waals surface area contributed by atoms with E-state index in [9.17, 15) is 4.79 Å². The second-order valence-corrected chi connectivity index (χ2v) is 3.89. The maximum atomic E-state index is 10.8. The van der Waals surface area contributed by atoms with Crippen LogP contribution in [-0.4, -0.2) is 11.9 Å². The van der Waals surface area contributed by atoms with Gasteiger partial charge in [-0.3, -0.25) is 4.79 Å². The maximum absolute atomic E-state index is 10.8. The van der Waals surface area contributed by atoms with E-state index in [1.165, 1.54) is 0 Å². The number of halogens is 1. The second kappa shape index (κ2) is 3.23. The molecule has 12 heavy (non-hydrogen) atoms. The van der Waals surface area contributed by atoms with Crippen LogP contribution in [0.3, 0.4) is 0 Å². The number of primary amides is 1. The first kappa shape index (κ1) is 9.81. The molecule has 4 N–H and O–H groups in total. The van der Waals surface area contributed by atoms with E-state index in [4.69, 9.17) is 11.5 Å². The van der Waals surface area contributed by atoms with E-state index >= 15 is 0 Å². The molecule has 70 valence electrons. The summed E-state index contributed by atoms with van der Waals surface area (Å²) in [5.41, 5.74) is 11.0. The first-order chi connectivity index (χ1) is 5.18. The van der Waals surface area contributed by atoms with E-state index in [2.05, 4.69) is 0 Å². The summed E-state index contributed by atoms with van der Waals surface area (Å²) in [6.07, 6.45) is 3.04. The van der Waals surface area contributed by atoms with Crippen molar-refractivity contribution in [1.82, 2.24) is 0 Å². The van der Waals surface area contributed by atoms with Crippen LogP contribution >= 0.6 is 12.4 Å². The Balaban J connectivity index is 0.000000720. The minimum atomic E-state index is -0.133. The van der Waals surface area contributed by atoms with Gasteiger partial charge in [0.15, 0.2) is 0 Å². The molecule has 1 amide bonds. The lowest BCUT2D eigenvalue weighted by Crippen LogP contribution is -2.44. The molecule has 0 aliphatic heterocycles. The number of amides is 1. The van der Waals surface area contributed by atoms with Crippen LogP contribution in [0.2, 0.25) is 0 Å². The number of rotatable bonds is 1. The number of carbonyl (C=O) groups is 1. The third-order valence-electron chi connectivity index (χ3n) is 3.28. The Morgan fingerprint density at radius 3 is 2.33 bits per heavy atom. The molecular formula is C8H15ClN2O. The maximum Gasteiger partial charge on any atom is 0.220 e. The number of hydrogen-bond donors (Lipinski definition) is 2. The SMILES string of the molecule is Cl.NC(=O)[C@@H]1C[C@H]2C[C@@H](N)[C@H]2C1. The van der Waals surface area contributed by atoms with E-state index in [1.54, 1.807) is 0 Å². The lowest BCUT2D eigenvalue weighted by atomic mass is 9.72. The molecule has 0 aromatic carbocycles. The molecule has 3 nitrogen and oxygen atoms in total. The lowest BCUT2D eigenvalue weighted by molar-refractivity contribution is -0.121. The molecule has 2 fully saturated rings. The van der Waals surface area contributed by atoms with E-state index in [-0.39, 0.29) is 24.2 Å². The van der Waals surface area contributed by atoms with E-state index in [0.717, 1.165) is 19.3 Å². The van der Waals surface area contributed by atoms with Crippen molar-refractivity contribution in [3.05, 3.63) is 0 Å². The minimum absolute atomic E-state index is 0. The quantitative estimate of drug-likeness (QED) is 0.623. The largest absolute Gasteiger partial charge is 0.369 e. The van der Waals surface area contributed by atoms with Gasteiger partial charge in [0.25, 0.3) is 0 Å². The summed E-state index contributed by atoms with van der Waals surface area (Å²) < 4.78 is 0. The number of carbonyl (C=O) groups excluding carboxylic acids is 1. The Labute approximate surface area is 78.3 Å². The van der Waals surface area contributed by atoms with E-state index in [0.29, 0.717) is 17.9 Å². The van der Waals surface area contributed by atoms with Crippen molar-refractivity contribution in [2.24, 2.45) is 29.2 Å². The van der Waals surface area contributed by atoms with Gasteiger partial charge in [-0.05, 0) is 31.1 Å². The van der Waals surface area contributed by atoms with Gasteiger partial charge in [0.2, 0.25) is 5.91 Å². The Kier molecular flexibility index (Phi) is 2.64. The molecule has 0 unspecified atom stereocenters. The zero-order chi connectivity index (χ0) is 8.01. The number of hydrogen-bond acceptors (Lipinski definition) is 2. The summed E-state index contributed by atoms with van der Waals surface area (Å²) in [5.74, 6) is 1.31. The Hall–Kier alpha value is -0.280. The third kappa shape index (κ3) is 1.31. The van der Waals surface area contributed by atoms with Gasteiger partial charge in [-0.15, -0.1) is 12.4 Å². The van der Waals surface area contributed by atoms with Crippen LogP contribution in [0.15, 0.2) is 0 Å². The monoisotopic (exact) mass is 190 g/mol. The molecule has 0 aromatic heterocycles. The van der Waals surface area contributed by atoms with Crippen LogP contribution in [0.5, 0.6) is 0 Å². The molecule has 0 spiro atoms. The van der Waals surface area contributed by atoms with E-state index < -0.39 is 0 Å². The van der Waals surface area contributed by atoms with Crippen molar-refractivity contribution >= 4 is 18.3 Å². The standard InChI is InChI=1S/C8H14N2O.ClH/c9-7-3-4-1-5(8(10)11)2-6(4)7;/h4-7H,1-3,9H2,(H2,10,11);1H/t4-,5+,6-,7+;/m0./s1. The summed E-state index contributed by atoms with van der Waals surface area (Å²) in [4.78, 5) is 10.8. The predicted octanol–water partition coefficient (Wildman–Crippen LogP) is 0.267. The second-order valence-electron chi connectivity index (χ2n) is 3.89. The zero-order valence-electron chi connectivity index (χ0n) is 6.90. The molecule has 0 aromatic rings. The van der Waals surface area contributed by atoms with Gasteiger partial charge in [-0.25, -0.2) is 0 Å². The molecule has 0 heterocycles. The van der Waals surface area contributed by atoms with Gasteiger partial charge < -0.3 is 11.5 Å². The molecule has 2 aliphatic carbocycles. The fraction of sp³-hybridized carbons (Fsp3) is 0.875. The van der Waals surface area contributed by atoms with Crippen molar-refractivity contribution in [2.45, 2.75) is 25.3 Å². The topological polar surface area (TPSA) is 69.1 Å². The van der Waals surface area contributed by atoms with Crippen LogP contribution in [0, 0.1) is 17.8 Å².